The van der Waals surface area contributed by atoms with Gasteiger partial charge in [-0.25, -0.2) is 9.97 Å². The minimum Gasteiger partial charge on any atom is -0.356 e. The van der Waals surface area contributed by atoms with Crippen molar-refractivity contribution in [3.63, 3.8) is 0 Å². The molecule has 2 fully saturated rings. The molecule has 0 saturated carbocycles. The molecule has 2 saturated heterocycles. The minimum absolute atomic E-state index is 0.00386. The Morgan fingerprint density at radius 1 is 0.941 bits per heavy atom. The van der Waals surface area contributed by atoms with Gasteiger partial charge in [0.25, 0.3) is 0 Å². The van der Waals surface area contributed by atoms with Crippen LogP contribution in [0.4, 0.5) is 5.82 Å². The van der Waals surface area contributed by atoms with Crippen molar-refractivity contribution in [2.75, 3.05) is 18.0 Å². The highest BCUT2D eigenvalue weighted by atomic mass is 16.1. The lowest BCUT2D eigenvalue weighted by Crippen LogP contribution is -2.57. The normalized spacial score (nSPS) is 17.8. The zero-order chi connectivity index (χ0) is 23.1. The van der Waals surface area contributed by atoms with Gasteiger partial charge >= 0.3 is 0 Å². The zero-order valence-electron chi connectivity index (χ0n) is 19.3. The lowest BCUT2D eigenvalue weighted by Gasteiger charge is -2.44. The molecule has 3 aromatic heterocycles. The summed E-state index contributed by atoms with van der Waals surface area (Å²) in [4.78, 5) is 31.6. The smallest absolute Gasteiger partial charge is 0.220 e. The number of carbonyl (C=O) groups is 1. The Hall–Kier alpha value is -3.74. The largest absolute Gasteiger partial charge is 0.356 e. The molecule has 1 amide bonds. The number of aryl methyl sites for hydroxylation is 1. The Labute approximate surface area is 198 Å². The van der Waals surface area contributed by atoms with Crippen LogP contribution in [0.3, 0.4) is 0 Å². The summed E-state index contributed by atoms with van der Waals surface area (Å²) in [6.07, 6.45) is 8.47. The van der Waals surface area contributed by atoms with Gasteiger partial charge in [-0.05, 0) is 74.6 Å². The monoisotopic (exact) mass is 452 g/mol. The average Bonchev–Trinajstić information content (AvgIpc) is 3.28. The quantitative estimate of drug-likeness (QED) is 0.473. The molecule has 6 rings (SSSR count). The molecule has 2 aliphatic heterocycles. The summed E-state index contributed by atoms with van der Waals surface area (Å²) in [5.41, 5.74) is 6.03. The molecule has 0 radical (unpaired) electrons. The molecule has 0 bridgehead atoms. The summed E-state index contributed by atoms with van der Waals surface area (Å²) in [6, 6.07) is 14.4. The standard InChI is InChI=1S/C27H28N6O/c1-18-4-7-22-23(15-18)31-26(30-22)20-5-8-21(28-17-20)19-6-9-24(29-16-19)33-13-11-27(12-14-33)10-2-3-25(34)32-27/h4-9,15-17H,2-3,10-14H2,1H3,(H,30,31)(H,32,34). The van der Waals surface area contributed by atoms with Crippen LogP contribution in [0.5, 0.6) is 0 Å². The number of fused-ring (bicyclic) bond motifs is 1. The topological polar surface area (TPSA) is 86.8 Å². The van der Waals surface area contributed by atoms with Crippen molar-refractivity contribution in [2.45, 2.75) is 44.6 Å². The van der Waals surface area contributed by atoms with E-state index in [1.54, 1.807) is 0 Å². The van der Waals surface area contributed by atoms with Crippen LogP contribution < -0.4 is 10.2 Å². The highest BCUT2D eigenvalue weighted by Crippen LogP contribution is 2.32. The Balaban J connectivity index is 1.14. The van der Waals surface area contributed by atoms with Gasteiger partial charge in [0.05, 0.1) is 16.7 Å². The Kier molecular flexibility index (Phi) is 5.05. The van der Waals surface area contributed by atoms with Crippen molar-refractivity contribution < 1.29 is 4.79 Å². The molecule has 5 heterocycles. The molecule has 1 spiro atoms. The number of benzene rings is 1. The number of imidazole rings is 1. The molecule has 34 heavy (non-hydrogen) atoms. The highest BCUT2D eigenvalue weighted by Gasteiger charge is 2.38. The molecule has 0 aliphatic carbocycles. The number of aromatic amines is 1. The number of anilines is 1. The van der Waals surface area contributed by atoms with E-state index in [0.29, 0.717) is 6.42 Å². The van der Waals surface area contributed by atoms with E-state index in [1.807, 2.05) is 30.6 Å². The molecule has 2 aliphatic rings. The van der Waals surface area contributed by atoms with Crippen LogP contribution in [-0.2, 0) is 4.79 Å². The number of H-pyrrole nitrogens is 1. The van der Waals surface area contributed by atoms with Gasteiger partial charge in [-0.1, -0.05) is 6.07 Å². The maximum Gasteiger partial charge on any atom is 0.220 e. The van der Waals surface area contributed by atoms with Crippen molar-refractivity contribution in [2.24, 2.45) is 0 Å². The first kappa shape index (κ1) is 20.8. The van der Waals surface area contributed by atoms with E-state index in [-0.39, 0.29) is 11.4 Å². The van der Waals surface area contributed by atoms with Crippen molar-refractivity contribution in [1.29, 1.82) is 0 Å². The summed E-state index contributed by atoms with van der Waals surface area (Å²) in [6.45, 7) is 3.90. The average molecular weight is 453 g/mol. The number of nitrogens with zero attached hydrogens (tertiary/aromatic N) is 4. The predicted molar refractivity (Wildman–Crippen MR) is 133 cm³/mol. The van der Waals surface area contributed by atoms with Crippen LogP contribution in [0, 0.1) is 6.92 Å². The maximum atomic E-state index is 11.9. The van der Waals surface area contributed by atoms with E-state index in [4.69, 9.17) is 4.98 Å². The summed E-state index contributed by atoms with van der Waals surface area (Å²) in [5, 5.41) is 3.26. The first-order valence-corrected chi connectivity index (χ1v) is 12.0. The second kappa shape index (κ2) is 8.24. The third kappa shape index (κ3) is 3.91. The van der Waals surface area contributed by atoms with Crippen LogP contribution in [0.25, 0.3) is 33.7 Å². The van der Waals surface area contributed by atoms with E-state index in [9.17, 15) is 4.79 Å². The van der Waals surface area contributed by atoms with Gasteiger partial charge in [0.15, 0.2) is 0 Å². The van der Waals surface area contributed by atoms with E-state index in [0.717, 1.165) is 78.3 Å². The number of carbonyl (C=O) groups excluding carboxylic acids is 1. The van der Waals surface area contributed by atoms with Crippen molar-refractivity contribution in [3.05, 3.63) is 60.4 Å². The number of amides is 1. The number of hydrogen-bond acceptors (Lipinski definition) is 5. The second-order valence-corrected chi connectivity index (χ2v) is 9.61. The molecular formula is C27H28N6O. The molecule has 4 aromatic rings. The second-order valence-electron chi connectivity index (χ2n) is 9.61. The van der Waals surface area contributed by atoms with Gasteiger partial charge in [0.2, 0.25) is 5.91 Å². The SMILES string of the molecule is Cc1ccc2nc(-c3ccc(-c4ccc(N5CCC6(CCCC(=O)N6)CC5)nc4)nc3)[nH]c2c1. The van der Waals surface area contributed by atoms with Gasteiger partial charge in [-0.2, -0.15) is 0 Å². The van der Waals surface area contributed by atoms with Crippen LogP contribution in [0.2, 0.25) is 0 Å². The number of piperidine rings is 2. The van der Waals surface area contributed by atoms with Gasteiger partial charge in [-0.15, -0.1) is 0 Å². The Bertz CT molecular complexity index is 1330. The first-order chi connectivity index (χ1) is 16.6. The zero-order valence-corrected chi connectivity index (χ0v) is 19.3. The fourth-order valence-electron chi connectivity index (χ4n) is 5.24. The molecule has 172 valence electrons. The van der Waals surface area contributed by atoms with Crippen molar-refractivity contribution >= 4 is 22.8 Å². The van der Waals surface area contributed by atoms with Crippen LogP contribution in [0.1, 0.15) is 37.7 Å². The lowest BCUT2D eigenvalue weighted by atomic mass is 9.80. The summed E-state index contributed by atoms with van der Waals surface area (Å²) in [5.74, 6) is 2.01. The van der Waals surface area contributed by atoms with E-state index in [1.165, 1.54) is 5.56 Å². The molecule has 1 aromatic carbocycles. The lowest BCUT2D eigenvalue weighted by molar-refractivity contribution is -0.125. The van der Waals surface area contributed by atoms with E-state index < -0.39 is 0 Å². The van der Waals surface area contributed by atoms with Gasteiger partial charge < -0.3 is 15.2 Å². The predicted octanol–water partition coefficient (Wildman–Crippen LogP) is 4.63. The molecular weight excluding hydrogens is 424 g/mol. The molecule has 7 heteroatoms. The van der Waals surface area contributed by atoms with Crippen molar-refractivity contribution in [3.8, 4) is 22.6 Å². The Morgan fingerprint density at radius 3 is 2.50 bits per heavy atom. The number of aromatic nitrogens is 4. The molecule has 7 nitrogen and oxygen atoms in total. The molecule has 2 N–H and O–H groups in total. The summed E-state index contributed by atoms with van der Waals surface area (Å²) in [7, 11) is 0. The van der Waals surface area contributed by atoms with Gasteiger partial charge in [0.1, 0.15) is 11.6 Å². The fourth-order valence-corrected chi connectivity index (χ4v) is 5.24. The number of nitrogens with one attached hydrogen (secondary N) is 2. The van der Waals surface area contributed by atoms with Crippen LogP contribution in [0.15, 0.2) is 54.9 Å². The Morgan fingerprint density at radius 2 is 1.76 bits per heavy atom. The number of hydrogen-bond donors (Lipinski definition) is 2. The number of pyridine rings is 2. The van der Waals surface area contributed by atoms with E-state index in [2.05, 4.69) is 56.4 Å². The fraction of sp³-hybridized carbons (Fsp3) is 0.333. The highest BCUT2D eigenvalue weighted by molar-refractivity contribution is 5.80. The van der Waals surface area contributed by atoms with Crippen LogP contribution >= 0.6 is 0 Å². The van der Waals surface area contributed by atoms with E-state index >= 15 is 0 Å². The minimum atomic E-state index is -0.00386. The molecule has 0 unspecified atom stereocenters. The first-order valence-electron chi connectivity index (χ1n) is 12.0. The van der Waals surface area contributed by atoms with Gasteiger partial charge in [0, 0.05) is 48.6 Å². The molecule has 0 atom stereocenters. The van der Waals surface area contributed by atoms with Crippen LogP contribution in [-0.4, -0.2) is 44.5 Å². The number of rotatable bonds is 3. The maximum absolute atomic E-state index is 11.9. The summed E-state index contributed by atoms with van der Waals surface area (Å²) >= 11 is 0. The van der Waals surface area contributed by atoms with Crippen molar-refractivity contribution in [1.82, 2.24) is 25.3 Å². The third-order valence-electron chi connectivity index (χ3n) is 7.23. The van der Waals surface area contributed by atoms with Gasteiger partial charge in [-0.3, -0.25) is 9.78 Å². The summed E-state index contributed by atoms with van der Waals surface area (Å²) < 4.78 is 0. The third-order valence-corrected chi connectivity index (χ3v) is 7.23.